The Balaban J connectivity index is 1.56. The first kappa shape index (κ1) is 16.8. The predicted molar refractivity (Wildman–Crippen MR) is 94.4 cm³/mol. The van der Waals surface area contributed by atoms with E-state index in [9.17, 15) is 4.79 Å². The molecule has 0 saturated carbocycles. The Bertz CT molecular complexity index is 682. The van der Waals surface area contributed by atoms with Crippen molar-refractivity contribution in [2.75, 3.05) is 36.5 Å². The summed E-state index contributed by atoms with van der Waals surface area (Å²) >= 11 is 1.39. The number of anilines is 2. The van der Waals surface area contributed by atoms with Crippen molar-refractivity contribution in [3.05, 3.63) is 30.6 Å². The van der Waals surface area contributed by atoms with Gasteiger partial charge in [0.2, 0.25) is 5.91 Å². The van der Waals surface area contributed by atoms with Crippen molar-refractivity contribution >= 4 is 29.0 Å². The number of carbonyl (C=O) groups excluding carboxylic acids is 1. The van der Waals surface area contributed by atoms with Gasteiger partial charge in [-0.3, -0.25) is 4.79 Å². The van der Waals surface area contributed by atoms with Crippen LogP contribution in [0.3, 0.4) is 0 Å². The molecule has 1 aromatic carbocycles. The largest absolute Gasteiger partial charge is 0.378 e. The highest BCUT2D eigenvalue weighted by molar-refractivity contribution is 8.00. The molecule has 3 rings (SSSR count). The highest BCUT2D eigenvalue weighted by Gasteiger charge is 2.17. The lowest BCUT2D eigenvalue weighted by Crippen LogP contribution is -2.36. The van der Waals surface area contributed by atoms with Crippen LogP contribution in [0.5, 0.6) is 0 Å². The van der Waals surface area contributed by atoms with Gasteiger partial charge in [-0.05, 0) is 31.2 Å². The van der Waals surface area contributed by atoms with Crippen LogP contribution in [0.2, 0.25) is 0 Å². The number of hydrogen-bond donors (Lipinski definition) is 1. The van der Waals surface area contributed by atoms with Crippen LogP contribution in [0.15, 0.2) is 35.7 Å². The fourth-order valence-electron chi connectivity index (χ4n) is 2.41. The Labute approximate surface area is 145 Å². The smallest absolute Gasteiger partial charge is 0.237 e. The molecule has 1 aliphatic heterocycles. The van der Waals surface area contributed by atoms with E-state index in [1.54, 1.807) is 10.9 Å². The third kappa shape index (κ3) is 4.07. The third-order valence-electron chi connectivity index (χ3n) is 3.83. The van der Waals surface area contributed by atoms with Crippen LogP contribution in [-0.2, 0) is 16.6 Å². The second-order valence-electron chi connectivity index (χ2n) is 5.62. The number of amides is 1. The van der Waals surface area contributed by atoms with Crippen molar-refractivity contribution < 1.29 is 9.53 Å². The number of benzene rings is 1. The van der Waals surface area contributed by atoms with E-state index in [0.29, 0.717) is 0 Å². The van der Waals surface area contributed by atoms with Gasteiger partial charge in [0, 0.05) is 31.5 Å². The molecule has 8 heteroatoms. The number of rotatable bonds is 5. The van der Waals surface area contributed by atoms with Gasteiger partial charge in [0.25, 0.3) is 0 Å². The summed E-state index contributed by atoms with van der Waals surface area (Å²) in [5.41, 5.74) is 1.94. The van der Waals surface area contributed by atoms with Crippen LogP contribution in [-0.4, -0.2) is 52.2 Å². The molecule has 1 saturated heterocycles. The van der Waals surface area contributed by atoms with E-state index in [1.165, 1.54) is 11.8 Å². The van der Waals surface area contributed by atoms with E-state index in [1.807, 2.05) is 38.2 Å². The zero-order valence-corrected chi connectivity index (χ0v) is 14.6. The summed E-state index contributed by atoms with van der Waals surface area (Å²) in [5.74, 6) is -0.0536. The van der Waals surface area contributed by atoms with Crippen LogP contribution in [0.25, 0.3) is 0 Å². The minimum atomic E-state index is -0.258. The summed E-state index contributed by atoms with van der Waals surface area (Å²) in [6.07, 6.45) is 1.62. The standard InChI is InChI=1S/C16H21N5O2S/c1-12(24-16-19-17-11-20(16)2)15(22)18-13-3-5-14(6-4-13)21-7-9-23-10-8-21/h3-6,11-12H,7-10H2,1-2H3,(H,18,22)/t12-/m1/s1. The molecule has 2 heterocycles. The number of hydrogen-bond acceptors (Lipinski definition) is 6. The van der Waals surface area contributed by atoms with Gasteiger partial charge in [0.05, 0.1) is 18.5 Å². The molecule has 1 atom stereocenters. The fourth-order valence-corrected chi connectivity index (χ4v) is 3.20. The third-order valence-corrected chi connectivity index (χ3v) is 4.98. The molecule has 7 nitrogen and oxygen atoms in total. The minimum absolute atomic E-state index is 0.0536. The van der Waals surface area contributed by atoms with Gasteiger partial charge in [0.15, 0.2) is 5.16 Å². The Morgan fingerprint density at radius 2 is 2.00 bits per heavy atom. The molecule has 0 bridgehead atoms. The minimum Gasteiger partial charge on any atom is -0.378 e. The lowest BCUT2D eigenvalue weighted by molar-refractivity contribution is -0.115. The van der Waals surface area contributed by atoms with E-state index in [0.717, 1.165) is 42.8 Å². The maximum Gasteiger partial charge on any atom is 0.237 e. The van der Waals surface area contributed by atoms with E-state index in [4.69, 9.17) is 4.74 Å². The maximum absolute atomic E-state index is 12.3. The van der Waals surface area contributed by atoms with E-state index >= 15 is 0 Å². The molecule has 2 aromatic rings. The molecule has 0 unspecified atom stereocenters. The lowest BCUT2D eigenvalue weighted by Gasteiger charge is -2.28. The molecule has 1 amide bonds. The number of aryl methyl sites for hydroxylation is 1. The maximum atomic E-state index is 12.3. The van der Waals surface area contributed by atoms with Crippen LogP contribution in [0, 0.1) is 0 Å². The van der Waals surface area contributed by atoms with Gasteiger partial charge < -0.3 is 19.5 Å². The predicted octanol–water partition coefficient (Wildman–Crippen LogP) is 1.77. The Morgan fingerprint density at radius 1 is 1.29 bits per heavy atom. The topological polar surface area (TPSA) is 72.3 Å². The van der Waals surface area contributed by atoms with Gasteiger partial charge in [0.1, 0.15) is 6.33 Å². The van der Waals surface area contributed by atoms with Crippen LogP contribution >= 0.6 is 11.8 Å². The number of aromatic nitrogens is 3. The average Bonchev–Trinajstić information content (AvgIpc) is 3.01. The molecule has 128 valence electrons. The lowest BCUT2D eigenvalue weighted by atomic mass is 10.2. The van der Waals surface area contributed by atoms with Gasteiger partial charge in [-0.15, -0.1) is 10.2 Å². The van der Waals surface area contributed by atoms with Gasteiger partial charge in [-0.25, -0.2) is 0 Å². The zero-order valence-electron chi connectivity index (χ0n) is 13.8. The average molecular weight is 347 g/mol. The first-order valence-corrected chi connectivity index (χ1v) is 8.76. The number of ether oxygens (including phenoxy) is 1. The number of nitrogens with zero attached hydrogens (tertiary/aromatic N) is 4. The van der Waals surface area contributed by atoms with Crippen molar-refractivity contribution in [1.82, 2.24) is 14.8 Å². The Morgan fingerprint density at radius 3 is 2.62 bits per heavy atom. The first-order valence-electron chi connectivity index (χ1n) is 7.88. The number of carbonyl (C=O) groups is 1. The van der Waals surface area contributed by atoms with Crippen molar-refractivity contribution in [2.45, 2.75) is 17.3 Å². The van der Waals surface area contributed by atoms with Gasteiger partial charge in [-0.2, -0.15) is 0 Å². The summed E-state index contributed by atoms with van der Waals surface area (Å²) in [6, 6.07) is 7.92. The number of thioether (sulfide) groups is 1. The first-order chi connectivity index (χ1) is 11.6. The molecule has 0 aliphatic carbocycles. The highest BCUT2D eigenvalue weighted by Crippen LogP contribution is 2.23. The molecule has 1 aliphatic rings. The molecular formula is C16H21N5O2S. The Kier molecular flexibility index (Phi) is 5.37. The monoisotopic (exact) mass is 347 g/mol. The fraction of sp³-hybridized carbons (Fsp3) is 0.438. The molecule has 0 spiro atoms. The summed E-state index contributed by atoms with van der Waals surface area (Å²) in [4.78, 5) is 14.6. The molecule has 0 radical (unpaired) electrons. The van der Waals surface area contributed by atoms with Crippen molar-refractivity contribution in [3.63, 3.8) is 0 Å². The van der Waals surface area contributed by atoms with E-state index in [2.05, 4.69) is 20.4 Å². The highest BCUT2D eigenvalue weighted by atomic mass is 32.2. The van der Waals surface area contributed by atoms with E-state index < -0.39 is 0 Å². The second-order valence-corrected chi connectivity index (χ2v) is 6.93. The quantitative estimate of drug-likeness (QED) is 0.831. The normalized spacial score (nSPS) is 16.0. The zero-order chi connectivity index (χ0) is 16.9. The summed E-state index contributed by atoms with van der Waals surface area (Å²) in [5, 5.41) is 11.2. The molecular weight excluding hydrogens is 326 g/mol. The summed E-state index contributed by atoms with van der Waals surface area (Å²) < 4.78 is 7.16. The van der Waals surface area contributed by atoms with Crippen molar-refractivity contribution in [1.29, 1.82) is 0 Å². The number of morpholine rings is 1. The van der Waals surface area contributed by atoms with Crippen molar-refractivity contribution in [3.8, 4) is 0 Å². The molecule has 24 heavy (non-hydrogen) atoms. The van der Waals surface area contributed by atoms with Crippen LogP contribution in [0.4, 0.5) is 11.4 Å². The van der Waals surface area contributed by atoms with Crippen LogP contribution < -0.4 is 10.2 Å². The second kappa shape index (κ2) is 7.67. The summed E-state index contributed by atoms with van der Waals surface area (Å²) in [6.45, 7) is 5.18. The SMILES string of the molecule is C[C@@H](Sc1nncn1C)C(=O)Nc1ccc(N2CCOCC2)cc1. The summed E-state index contributed by atoms with van der Waals surface area (Å²) in [7, 11) is 1.86. The van der Waals surface area contributed by atoms with Crippen LogP contribution in [0.1, 0.15) is 6.92 Å². The Hall–Kier alpha value is -2.06. The molecule has 1 fully saturated rings. The number of nitrogens with one attached hydrogen (secondary N) is 1. The van der Waals surface area contributed by atoms with Gasteiger partial charge >= 0.3 is 0 Å². The van der Waals surface area contributed by atoms with Gasteiger partial charge in [-0.1, -0.05) is 11.8 Å². The van der Waals surface area contributed by atoms with Crippen molar-refractivity contribution in [2.24, 2.45) is 7.05 Å². The molecule has 1 N–H and O–H groups in total. The molecule has 1 aromatic heterocycles. The van der Waals surface area contributed by atoms with E-state index in [-0.39, 0.29) is 11.2 Å².